The molecule has 1 aromatic rings. The summed E-state index contributed by atoms with van der Waals surface area (Å²) >= 11 is 0. The van der Waals surface area contributed by atoms with Gasteiger partial charge in [-0.1, -0.05) is 12.1 Å². The summed E-state index contributed by atoms with van der Waals surface area (Å²) in [6.45, 7) is 8.14. The molecule has 0 atom stereocenters. The van der Waals surface area contributed by atoms with E-state index in [9.17, 15) is 0 Å². The standard InChI is InChI=1S/C14H20BNO3/c1-13(2)14(3,4)19-15(18-13)7-6-11-8-12(17-5)10-16-9-11/h6-10H,1-5H3/b7-6+. The van der Waals surface area contributed by atoms with Gasteiger partial charge < -0.3 is 14.0 Å². The minimum absolute atomic E-state index is 0.311. The SMILES string of the molecule is COc1cncc(/C=C/B2OC(C)(C)C(C)(C)O2)c1. The molecule has 1 aliphatic rings. The van der Waals surface area contributed by atoms with Gasteiger partial charge in [0, 0.05) is 6.20 Å². The fraction of sp³-hybridized carbons (Fsp3) is 0.500. The fourth-order valence-electron chi connectivity index (χ4n) is 1.80. The predicted molar refractivity (Wildman–Crippen MR) is 75.9 cm³/mol. The molecule has 0 saturated carbocycles. The first-order valence-electron chi connectivity index (χ1n) is 6.37. The molecule has 5 heteroatoms. The molecule has 0 aromatic carbocycles. The summed E-state index contributed by atoms with van der Waals surface area (Å²) in [7, 11) is 1.29. The molecule has 0 unspecified atom stereocenters. The Morgan fingerprint density at radius 2 is 1.79 bits per heavy atom. The Bertz CT molecular complexity index is 469. The maximum atomic E-state index is 5.88. The normalized spacial score (nSPS) is 21.0. The smallest absolute Gasteiger partial charge is 0.487 e. The molecular weight excluding hydrogens is 241 g/mol. The second-order valence-electron chi connectivity index (χ2n) is 5.64. The highest BCUT2D eigenvalue weighted by atomic mass is 16.7. The van der Waals surface area contributed by atoms with E-state index in [0.717, 1.165) is 11.3 Å². The van der Waals surface area contributed by atoms with Crippen molar-refractivity contribution in [2.75, 3.05) is 7.11 Å². The van der Waals surface area contributed by atoms with Crippen molar-refractivity contribution in [3.63, 3.8) is 0 Å². The number of ether oxygens (including phenoxy) is 1. The van der Waals surface area contributed by atoms with Crippen LogP contribution in [0.3, 0.4) is 0 Å². The molecule has 0 radical (unpaired) electrons. The van der Waals surface area contributed by atoms with Crippen molar-refractivity contribution < 1.29 is 14.0 Å². The van der Waals surface area contributed by atoms with Gasteiger partial charge in [0.1, 0.15) is 5.75 Å². The fourth-order valence-corrected chi connectivity index (χ4v) is 1.80. The molecule has 0 bridgehead atoms. The predicted octanol–water partition coefficient (Wildman–Crippen LogP) is 2.73. The number of hydrogen-bond donors (Lipinski definition) is 0. The first-order valence-corrected chi connectivity index (χ1v) is 6.37. The van der Waals surface area contributed by atoms with Crippen molar-refractivity contribution >= 4 is 13.2 Å². The Balaban J connectivity index is 2.08. The van der Waals surface area contributed by atoms with Crippen LogP contribution in [0, 0.1) is 0 Å². The van der Waals surface area contributed by atoms with Crippen LogP contribution < -0.4 is 4.74 Å². The quantitative estimate of drug-likeness (QED) is 0.784. The van der Waals surface area contributed by atoms with E-state index < -0.39 is 0 Å². The third kappa shape index (κ3) is 2.99. The van der Waals surface area contributed by atoms with Crippen molar-refractivity contribution in [3.8, 4) is 5.75 Å². The van der Waals surface area contributed by atoms with Crippen molar-refractivity contribution in [3.05, 3.63) is 30.0 Å². The topological polar surface area (TPSA) is 40.6 Å². The highest BCUT2D eigenvalue weighted by Gasteiger charge is 2.49. The molecule has 0 N–H and O–H groups in total. The third-order valence-corrected chi connectivity index (χ3v) is 3.69. The monoisotopic (exact) mass is 261 g/mol. The second-order valence-corrected chi connectivity index (χ2v) is 5.64. The Morgan fingerprint density at radius 3 is 2.37 bits per heavy atom. The average molecular weight is 261 g/mol. The van der Waals surface area contributed by atoms with Crippen molar-refractivity contribution in [1.82, 2.24) is 4.98 Å². The molecule has 1 aromatic heterocycles. The third-order valence-electron chi connectivity index (χ3n) is 3.69. The largest absolute Gasteiger partial charge is 0.495 e. The number of hydrogen-bond acceptors (Lipinski definition) is 4. The number of nitrogens with zero attached hydrogens (tertiary/aromatic N) is 1. The molecule has 2 rings (SSSR count). The van der Waals surface area contributed by atoms with Crippen LogP contribution in [0.2, 0.25) is 0 Å². The van der Waals surface area contributed by atoms with Crippen LogP contribution >= 0.6 is 0 Å². The lowest BCUT2D eigenvalue weighted by Gasteiger charge is -2.32. The van der Waals surface area contributed by atoms with Gasteiger partial charge in [0.2, 0.25) is 0 Å². The molecule has 0 amide bonds. The summed E-state index contributed by atoms with van der Waals surface area (Å²) in [5, 5.41) is 0. The lowest BCUT2D eigenvalue weighted by Crippen LogP contribution is -2.41. The van der Waals surface area contributed by atoms with E-state index in [1.807, 2.05) is 45.8 Å². The molecule has 102 valence electrons. The first kappa shape index (κ1) is 14.1. The molecule has 19 heavy (non-hydrogen) atoms. The average Bonchev–Trinajstić information content (AvgIpc) is 2.56. The summed E-state index contributed by atoms with van der Waals surface area (Å²) in [5.74, 6) is 2.63. The minimum atomic E-state index is -0.337. The maximum Gasteiger partial charge on any atom is 0.487 e. The van der Waals surface area contributed by atoms with Crippen LogP contribution in [0.5, 0.6) is 5.75 Å². The zero-order valence-corrected chi connectivity index (χ0v) is 12.1. The van der Waals surface area contributed by atoms with Crippen LogP contribution in [-0.4, -0.2) is 30.4 Å². The molecular formula is C14H20BNO3. The van der Waals surface area contributed by atoms with E-state index in [4.69, 9.17) is 14.0 Å². The van der Waals surface area contributed by atoms with Gasteiger partial charge in [0.25, 0.3) is 0 Å². The lowest BCUT2D eigenvalue weighted by atomic mass is 9.89. The highest BCUT2D eigenvalue weighted by Crippen LogP contribution is 2.37. The maximum absolute atomic E-state index is 5.88. The van der Waals surface area contributed by atoms with Crippen molar-refractivity contribution in [2.24, 2.45) is 0 Å². The van der Waals surface area contributed by atoms with Crippen molar-refractivity contribution in [2.45, 2.75) is 38.9 Å². The Hall–Kier alpha value is -1.33. The number of rotatable bonds is 3. The van der Waals surface area contributed by atoms with Gasteiger partial charge in [0.15, 0.2) is 0 Å². The van der Waals surface area contributed by atoms with Gasteiger partial charge in [-0.05, 0) is 39.3 Å². The number of methoxy groups -OCH3 is 1. The summed E-state index contributed by atoms with van der Waals surface area (Å²) in [6.07, 6.45) is 5.37. The summed E-state index contributed by atoms with van der Waals surface area (Å²) in [4.78, 5) is 4.10. The Kier molecular flexibility index (Phi) is 3.70. The Morgan fingerprint density at radius 1 is 1.16 bits per heavy atom. The van der Waals surface area contributed by atoms with Gasteiger partial charge in [-0.25, -0.2) is 0 Å². The van der Waals surface area contributed by atoms with E-state index in [-0.39, 0.29) is 18.3 Å². The first-order chi connectivity index (χ1) is 8.84. The molecule has 4 nitrogen and oxygen atoms in total. The Labute approximate surface area is 114 Å². The summed E-state index contributed by atoms with van der Waals surface area (Å²) in [5.41, 5.74) is 0.331. The van der Waals surface area contributed by atoms with Crippen LogP contribution in [-0.2, 0) is 9.31 Å². The molecule has 1 aliphatic heterocycles. The summed E-state index contributed by atoms with van der Waals surface area (Å²) < 4.78 is 16.9. The van der Waals surface area contributed by atoms with Crippen LogP contribution in [0.25, 0.3) is 6.08 Å². The van der Waals surface area contributed by atoms with E-state index in [1.54, 1.807) is 19.5 Å². The minimum Gasteiger partial charge on any atom is -0.495 e. The zero-order valence-electron chi connectivity index (χ0n) is 12.1. The molecule has 1 saturated heterocycles. The number of pyridine rings is 1. The van der Waals surface area contributed by atoms with Gasteiger partial charge >= 0.3 is 7.12 Å². The van der Waals surface area contributed by atoms with Gasteiger partial charge in [-0.3, -0.25) is 4.98 Å². The lowest BCUT2D eigenvalue weighted by molar-refractivity contribution is 0.00578. The molecule has 1 fully saturated rings. The second kappa shape index (κ2) is 4.98. The van der Waals surface area contributed by atoms with E-state index in [2.05, 4.69) is 4.98 Å². The highest BCUT2D eigenvalue weighted by molar-refractivity contribution is 6.52. The molecule has 0 spiro atoms. The van der Waals surface area contributed by atoms with Gasteiger partial charge in [0.05, 0.1) is 24.5 Å². The van der Waals surface area contributed by atoms with Crippen LogP contribution in [0.4, 0.5) is 0 Å². The molecule has 2 heterocycles. The van der Waals surface area contributed by atoms with Gasteiger partial charge in [-0.2, -0.15) is 0 Å². The van der Waals surface area contributed by atoms with Crippen molar-refractivity contribution in [1.29, 1.82) is 0 Å². The zero-order chi connectivity index (χ0) is 14.1. The van der Waals surface area contributed by atoms with Gasteiger partial charge in [-0.15, -0.1) is 0 Å². The van der Waals surface area contributed by atoms with Crippen LogP contribution in [0.15, 0.2) is 24.4 Å². The van der Waals surface area contributed by atoms with E-state index >= 15 is 0 Å². The summed E-state index contributed by atoms with van der Waals surface area (Å²) in [6, 6.07) is 1.91. The molecule has 0 aliphatic carbocycles. The van der Waals surface area contributed by atoms with E-state index in [0.29, 0.717) is 0 Å². The number of aromatic nitrogens is 1. The van der Waals surface area contributed by atoms with E-state index in [1.165, 1.54) is 0 Å². The van der Waals surface area contributed by atoms with Crippen LogP contribution in [0.1, 0.15) is 33.3 Å².